The van der Waals surface area contributed by atoms with Crippen molar-refractivity contribution < 1.29 is 22.8 Å². The van der Waals surface area contributed by atoms with Crippen LogP contribution in [0.1, 0.15) is 40.7 Å². The molecule has 1 aromatic rings. The fraction of sp³-hybridized carbons (Fsp3) is 0.375. The molecule has 2 aliphatic rings. The van der Waals surface area contributed by atoms with Crippen LogP contribution in [0.2, 0.25) is 0 Å². The number of hydrogen-bond donors (Lipinski definition) is 0. The Bertz CT molecular complexity index is 876. The van der Waals surface area contributed by atoms with Crippen LogP contribution in [0.15, 0.2) is 17.0 Å². The summed E-state index contributed by atoms with van der Waals surface area (Å²) in [5, 5.41) is 9.36. The Hall–Kier alpha value is -2.33. The van der Waals surface area contributed by atoms with E-state index in [0.717, 1.165) is 0 Å². The van der Waals surface area contributed by atoms with Crippen LogP contribution in [0.3, 0.4) is 0 Å². The maximum atomic E-state index is 12.6. The van der Waals surface area contributed by atoms with Gasteiger partial charge < -0.3 is 0 Å². The molecule has 3 rings (SSSR count). The second-order valence-electron chi connectivity index (χ2n) is 5.73. The van der Waals surface area contributed by atoms with Gasteiger partial charge in [0.15, 0.2) is 27.2 Å². The first-order valence-corrected chi connectivity index (χ1v) is 8.90. The molecule has 0 aromatic heterocycles. The van der Waals surface area contributed by atoms with Crippen molar-refractivity contribution in [3.8, 4) is 6.07 Å². The summed E-state index contributed by atoms with van der Waals surface area (Å²) in [4.78, 5) is 36.6. The smallest absolute Gasteiger partial charge is 0.182 e. The largest absolute Gasteiger partial charge is 0.298 e. The minimum Gasteiger partial charge on any atom is -0.298 e. The van der Waals surface area contributed by atoms with Crippen molar-refractivity contribution >= 4 is 27.2 Å². The Balaban J connectivity index is 2.11. The zero-order valence-electron chi connectivity index (χ0n) is 12.2. The van der Waals surface area contributed by atoms with Gasteiger partial charge in [0.2, 0.25) is 0 Å². The number of hydrogen-bond acceptors (Lipinski definition) is 6. The van der Waals surface area contributed by atoms with Gasteiger partial charge in [-0.05, 0) is 30.5 Å². The standard InChI is InChI=1S/C16H13NO5S/c17-8-11-9-6-7-23(21,22)14(9)5-4-10(11)16(20)15-12(18)2-1-3-13(15)19/h4-5,15H,1-3,6-7H2. The van der Waals surface area contributed by atoms with Crippen molar-refractivity contribution in [3.63, 3.8) is 0 Å². The molecule has 1 heterocycles. The summed E-state index contributed by atoms with van der Waals surface area (Å²) in [6.07, 6.45) is 0.940. The van der Waals surface area contributed by atoms with Crippen LogP contribution < -0.4 is 0 Å². The van der Waals surface area contributed by atoms with E-state index in [1.165, 1.54) is 12.1 Å². The van der Waals surface area contributed by atoms with Crippen LogP contribution >= 0.6 is 0 Å². The molecule has 1 fully saturated rings. The zero-order chi connectivity index (χ0) is 16.8. The van der Waals surface area contributed by atoms with Gasteiger partial charge in [-0.25, -0.2) is 8.42 Å². The third-order valence-electron chi connectivity index (χ3n) is 4.36. The lowest BCUT2D eigenvalue weighted by atomic mass is 9.80. The second-order valence-corrected chi connectivity index (χ2v) is 7.81. The van der Waals surface area contributed by atoms with E-state index in [1.54, 1.807) is 0 Å². The number of ketones is 3. The molecule has 0 spiro atoms. The quantitative estimate of drug-likeness (QED) is 0.591. The van der Waals surface area contributed by atoms with Gasteiger partial charge in [0, 0.05) is 18.4 Å². The number of carbonyl (C=O) groups is 3. The van der Waals surface area contributed by atoms with E-state index < -0.39 is 33.1 Å². The predicted octanol–water partition coefficient (Wildman–Crippen LogP) is 1.01. The molecule has 118 valence electrons. The van der Waals surface area contributed by atoms with E-state index in [-0.39, 0.29) is 41.0 Å². The van der Waals surface area contributed by atoms with Crippen molar-refractivity contribution in [2.75, 3.05) is 5.75 Å². The number of benzene rings is 1. The third kappa shape index (κ3) is 2.39. The first-order chi connectivity index (χ1) is 10.9. The third-order valence-corrected chi connectivity index (χ3v) is 6.15. The summed E-state index contributed by atoms with van der Waals surface area (Å²) in [5.74, 6) is -3.00. The molecular formula is C16H13NO5S. The molecule has 0 N–H and O–H groups in total. The molecule has 7 heteroatoms. The minimum atomic E-state index is -3.42. The van der Waals surface area contributed by atoms with E-state index in [1.807, 2.05) is 6.07 Å². The maximum absolute atomic E-state index is 12.6. The van der Waals surface area contributed by atoms with Crippen molar-refractivity contribution in [3.05, 3.63) is 28.8 Å². The van der Waals surface area contributed by atoms with Gasteiger partial charge in [-0.15, -0.1) is 0 Å². The van der Waals surface area contributed by atoms with Gasteiger partial charge in [-0.3, -0.25) is 14.4 Å². The normalized spacial score (nSPS) is 20.1. The Morgan fingerprint density at radius 1 is 1.13 bits per heavy atom. The summed E-state index contributed by atoms with van der Waals surface area (Å²) < 4.78 is 23.8. The number of Topliss-reactive ketones (excluding diaryl/α,β-unsaturated/α-hetero) is 3. The lowest BCUT2D eigenvalue weighted by Crippen LogP contribution is -2.35. The van der Waals surface area contributed by atoms with Crippen LogP contribution in [-0.4, -0.2) is 31.5 Å². The molecule has 1 aliphatic heterocycles. The number of carbonyl (C=O) groups excluding carboxylic acids is 3. The highest BCUT2D eigenvalue weighted by Crippen LogP contribution is 2.32. The topological polar surface area (TPSA) is 109 Å². The number of nitrogens with zero attached hydrogens (tertiary/aromatic N) is 1. The van der Waals surface area contributed by atoms with E-state index in [2.05, 4.69) is 0 Å². The number of nitriles is 1. The van der Waals surface area contributed by atoms with Crippen LogP contribution in [0, 0.1) is 17.2 Å². The van der Waals surface area contributed by atoms with Crippen LogP contribution in [-0.2, 0) is 25.8 Å². The molecule has 23 heavy (non-hydrogen) atoms. The lowest BCUT2D eigenvalue weighted by molar-refractivity contribution is -0.133. The van der Waals surface area contributed by atoms with Gasteiger partial charge in [-0.1, -0.05) is 0 Å². The second kappa shape index (κ2) is 5.39. The van der Waals surface area contributed by atoms with E-state index in [4.69, 9.17) is 0 Å². The fourth-order valence-electron chi connectivity index (χ4n) is 3.20. The molecule has 0 bridgehead atoms. The highest BCUT2D eigenvalue weighted by molar-refractivity contribution is 7.91. The van der Waals surface area contributed by atoms with Crippen LogP contribution in [0.5, 0.6) is 0 Å². The first-order valence-electron chi connectivity index (χ1n) is 7.25. The molecule has 0 unspecified atom stereocenters. The van der Waals surface area contributed by atoms with E-state index >= 15 is 0 Å². The van der Waals surface area contributed by atoms with Gasteiger partial charge in [0.05, 0.1) is 16.2 Å². The van der Waals surface area contributed by atoms with Crippen molar-refractivity contribution in [1.82, 2.24) is 0 Å². The predicted molar refractivity (Wildman–Crippen MR) is 78.6 cm³/mol. The fourth-order valence-corrected chi connectivity index (χ4v) is 4.75. The molecule has 1 saturated carbocycles. The highest BCUT2D eigenvalue weighted by atomic mass is 32.2. The van der Waals surface area contributed by atoms with Crippen molar-refractivity contribution in [1.29, 1.82) is 5.26 Å². The molecule has 0 amide bonds. The molecule has 1 aliphatic carbocycles. The maximum Gasteiger partial charge on any atom is 0.182 e. The van der Waals surface area contributed by atoms with Crippen LogP contribution in [0.4, 0.5) is 0 Å². The molecule has 6 nitrogen and oxygen atoms in total. The molecular weight excluding hydrogens is 318 g/mol. The molecule has 0 atom stereocenters. The monoisotopic (exact) mass is 331 g/mol. The van der Waals surface area contributed by atoms with Gasteiger partial charge in [0.25, 0.3) is 0 Å². The summed E-state index contributed by atoms with van der Waals surface area (Å²) >= 11 is 0. The van der Waals surface area contributed by atoms with Crippen molar-refractivity contribution in [2.24, 2.45) is 5.92 Å². The summed E-state index contributed by atoms with van der Waals surface area (Å²) in [6, 6.07) is 4.42. The Labute approximate surface area is 133 Å². The van der Waals surface area contributed by atoms with Gasteiger partial charge in [-0.2, -0.15) is 5.26 Å². The number of rotatable bonds is 2. The Morgan fingerprint density at radius 2 is 1.78 bits per heavy atom. The lowest BCUT2D eigenvalue weighted by Gasteiger charge is -2.19. The number of sulfone groups is 1. The number of fused-ring (bicyclic) bond motifs is 1. The molecule has 0 saturated heterocycles. The molecule has 0 radical (unpaired) electrons. The average Bonchev–Trinajstić information content (AvgIpc) is 2.81. The Morgan fingerprint density at radius 3 is 2.39 bits per heavy atom. The zero-order valence-corrected chi connectivity index (χ0v) is 13.0. The van der Waals surface area contributed by atoms with Crippen LogP contribution in [0.25, 0.3) is 0 Å². The van der Waals surface area contributed by atoms with Gasteiger partial charge >= 0.3 is 0 Å². The van der Waals surface area contributed by atoms with E-state index in [9.17, 15) is 28.1 Å². The summed E-state index contributed by atoms with van der Waals surface area (Å²) in [5.41, 5.74) is 0.255. The summed E-state index contributed by atoms with van der Waals surface area (Å²) in [7, 11) is -3.42. The van der Waals surface area contributed by atoms with Crippen molar-refractivity contribution in [2.45, 2.75) is 30.6 Å². The molecule has 1 aromatic carbocycles. The average molecular weight is 331 g/mol. The minimum absolute atomic E-state index is 0.0280. The van der Waals surface area contributed by atoms with Gasteiger partial charge in [0.1, 0.15) is 12.0 Å². The summed E-state index contributed by atoms with van der Waals surface area (Å²) in [6.45, 7) is 0. The Kier molecular flexibility index (Phi) is 3.65. The highest BCUT2D eigenvalue weighted by Gasteiger charge is 2.39. The SMILES string of the molecule is N#Cc1c(C(=O)C2C(=O)CCCC2=O)ccc2c1CCS2(=O)=O. The van der Waals surface area contributed by atoms with E-state index in [0.29, 0.717) is 12.0 Å². The first kappa shape index (κ1) is 15.6.